The zero-order valence-electron chi connectivity index (χ0n) is 21.8. The number of amides is 3. The Kier molecular flexibility index (Phi) is 5.29. The first-order valence-electron chi connectivity index (χ1n) is 13.3. The predicted molar refractivity (Wildman–Crippen MR) is 140 cm³/mol. The topological polar surface area (TPSA) is 95.3 Å². The summed E-state index contributed by atoms with van der Waals surface area (Å²) in [5, 5.41) is 3.22. The third-order valence-corrected chi connectivity index (χ3v) is 8.95. The molecule has 3 saturated heterocycles. The highest BCUT2D eigenvalue weighted by Gasteiger charge is 2.53. The molecule has 0 unspecified atom stereocenters. The Hall–Kier alpha value is -3.92. The van der Waals surface area contributed by atoms with Crippen LogP contribution >= 0.6 is 0 Å². The molecular weight excluding hydrogens is 503 g/mol. The molecule has 2 bridgehead atoms. The SMILES string of the molecule is CCN1C[C@H]2C[C@@H]1CN2c1ccc2oc([C@]3(CN4Cc5ccc(OC)c(F)c5C4=O)CC(=O)NC3=O)cc2c1. The Morgan fingerprint density at radius 2 is 1.97 bits per heavy atom. The molecule has 3 fully saturated rings. The van der Waals surface area contributed by atoms with Crippen LogP contribution < -0.4 is 15.0 Å². The minimum Gasteiger partial charge on any atom is -0.494 e. The van der Waals surface area contributed by atoms with E-state index in [1.807, 2.05) is 12.1 Å². The van der Waals surface area contributed by atoms with E-state index in [0.717, 1.165) is 37.1 Å². The molecule has 4 aliphatic heterocycles. The molecule has 9 nitrogen and oxygen atoms in total. The monoisotopic (exact) mass is 532 g/mol. The number of carbonyl (C=O) groups excluding carboxylic acids is 3. The number of furan rings is 1. The fourth-order valence-corrected chi connectivity index (χ4v) is 6.95. The van der Waals surface area contributed by atoms with Crippen LogP contribution in [0.2, 0.25) is 0 Å². The van der Waals surface area contributed by atoms with Crippen LogP contribution in [0.15, 0.2) is 40.8 Å². The van der Waals surface area contributed by atoms with Gasteiger partial charge in [0.1, 0.15) is 16.8 Å². The maximum absolute atomic E-state index is 14.9. The van der Waals surface area contributed by atoms with Gasteiger partial charge in [-0.05, 0) is 48.9 Å². The minimum atomic E-state index is -1.41. The van der Waals surface area contributed by atoms with Gasteiger partial charge in [-0.2, -0.15) is 0 Å². The quantitative estimate of drug-likeness (QED) is 0.488. The first-order chi connectivity index (χ1) is 18.8. The molecule has 5 heterocycles. The van der Waals surface area contributed by atoms with E-state index in [9.17, 15) is 18.8 Å². The summed E-state index contributed by atoms with van der Waals surface area (Å²) in [6.07, 6.45) is 1.000. The molecule has 0 aliphatic carbocycles. The zero-order valence-corrected chi connectivity index (χ0v) is 21.8. The lowest BCUT2D eigenvalue weighted by atomic mass is 9.82. The van der Waals surface area contributed by atoms with Gasteiger partial charge in [0.25, 0.3) is 5.91 Å². The molecule has 0 radical (unpaired) electrons. The van der Waals surface area contributed by atoms with E-state index in [1.165, 1.54) is 18.1 Å². The highest BCUT2D eigenvalue weighted by Crippen LogP contribution is 2.41. The summed E-state index contributed by atoms with van der Waals surface area (Å²) in [5.74, 6) is -1.93. The van der Waals surface area contributed by atoms with Crippen LogP contribution in [0, 0.1) is 5.82 Å². The number of nitrogens with zero attached hydrogens (tertiary/aromatic N) is 3. The first kappa shape index (κ1) is 24.1. The van der Waals surface area contributed by atoms with Crippen molar-refractivity contribution in [3.05, 3.63) is 59.1 Å². The van der Waals surface area contributed by atoms with Gasteiger partial charge in [0.2, 0.25) is 11.8 Å². The van der Waals surface area contributed by atoms with Crippen LogP contribution in [0.4, 0.5) is 10.1 Å². The fraction of sp³-hybridized carbons (Fsp3) is 0.414. The summed E-state index contributed by atoms with van der Waals surface area (Å²) in [4.78, 5) is 45.4. The number of methoxy groups -OCH3 is 1. The van der Waals surface area contributed by atoms with Gasteiger partial charge < -0.3 is 19.0 Å². The van der Waals surface area contributed by atoms with Crippen molar-refractivity contribution in [2.45, 2.75) is 43.8 Å². The van der Waals surface area contributed by atoms with E-state index in [0.29, 0.717) is 29.0 Å². The first-order valence-corrected chi connectivity index (χ1v) is 13.3. The number of carbonyl (C=O) groups is 3. The van der Waals surface area contributed by atoms with Crippen molar-refractivity contribution in [3.63, 3.8) is 0 Å². The summed E-state index contributed by atoms with van der Waals surface area (Å²) in [6, 6.07) is 12.0. The second-order valence-electron chi connectivity index (χ2n) is 11.0. The van der Waals surface area contributed by atoms with Crippen LogP contribution in [0.5, 0.6) is 5.75 Å². The molecule has 3 atom stereocenters. The predicted octanol–water partition coefficient (Wildman–Crippen LogP) is 2.80. The summed E-state index contributed by atoms with van der Waals surface area (Å²) in [7, 11) is 1.34. The Morgan fingerprint density at radius 3 is 2.67 bits per heavy atom. The molecule has 0 spiro atoms. The number of fused-ring (bicyclic) bond motifs is 4. The average molecular weight is 533 g/mol. The molecule has 0 saturated carbocycles. The molecule has 3 amide bonds. The highest BCUT2D eigenvalue weighted by atomic mass is 19.1. The van der Waals surface area contributed by atoms with Crippen molar-refractivity contribution in [2.75, 3.05) is 38.2 Å². The zero-order chi connectivity index (χ0) is 27.1. The van der Waals surface area contributed by atoms with Crippen molar-refractivity contribution in [1.82, 2.24) is 15.1 Å². The third kappa shape index (κ3) is 3.50. The van der Waals surface area contributed by atoms with Crippen molar-refractivity contribution in [3.8, 4) is 5.75 Å². The average Bonchev–Trinajstić information content (AvgIpc) is 3.73. The minimum absolute atomic E-state index is 0.0193. The van der Waals surface area contributed by atoms with Gasteiger partial charge in [-0.1, -0.05) is 13.0 Å². The number of imide groups is 1. The number of rotatable bonds is 6. The Labute approximate surface area is 224 Å². The van der Waals surface area contributed by atoms with Gasteiger partial charge in [-0.3, -0.25) is 24.6 Å². The summed E-state index contributed by atoms with van der Waals surface area (Å²) in [6.45, 7) is 5.30. The van der Waals surface area contributed by atoms with Crippen LogP contribution in [0.3, 0.4) is 0 Å². The second-order valence-corrected chi connectivity index (χ2v) is 11.0. The van der Waals surface area contributed by atoms with Gasteiger partial charge >= 0.3 is 0 Å². The summed E-state index contributed by atoms with van der Waals surface area (Å²) < 4.78 is 26.2. The maximum atomic E-state index is 14.9. The maximum Gasteiger partial charge on any atom is 0.257 e. The molecule has 2 aromatic carbocycles. The van der Waals surface area contributed by atoms with Gasteiger partial charge in [0.05, 0.1) is 19.1 Å². The number of likely N-dealkylation sites (N-methyl/N-ethyl adjacent to an activating group) is 1. The molecule has 3 aromatic rings. The molecular formula is C29H29FN4O5. The van der Waals surface area contributed by atoms with E-state index >= 15 is 0 Å². The van der Waals surface area contributed by atoms with Crippen molar-refractivity contribution >= 4 is 34.4 Å². The number of ether oxygens (including phenoxy) is 1. The van der Waals surface area contributed by atoms with Gasteiger partial charge in [-0.25, -0.2) is 4.39 Å². The number of likely N-dealkylation sites (tertiary alicyclic amines) is 1. The molecule has 1 aromatic heterocycles. The van der Waals surface area contributed by atoms with Crippen LogP contribution in [-0.2, 0) is 21.5 Å². The van der Waals surface area contributed by atoms with E-state index in [2.05, 4.69) is 28.1 Å². The van der Waals surface area contributed by atoms with Crippen molar-refractivity contribution in [1.29, 1.82) is 0 Å². The third-order valence-electron chi connectivity index (χ3n) is 8.95. The number of anilines is 1. The molecule has 1 N–H and O–H groups in total. The van der Waals surface area contributed by atoms with Crippen LogP contribution in [-0.4, -0.2) is 72.9 Å². The summed E-state index contributed by atoms with van der Waals surface area (Å²) >= 11 is 0. The Morgan fingerprint density at radius 1 is 1.13 bits per heavy atom. The smallest absolute Gasteiger partial charge is 0.257 e. The van der Waals surface area contributed by atoms with Gasteiger partial charge in [-0.15, -0.1) is 0 Å². The molecule has 4 aliphatic rings. The van der Waals surface area contributed by atoms with Gasteiger partial charge in [0.15, 0.2) is 11.6 Å². The lowest BCUT2D eigenvalue weighted by Crippen LogP contribution is -2.46. The van der Waals surface area contributed by atoms with Crippen LogP contribution in [0.1, 0.15) is 41.4 Å². The highest BCUT2D eigenvalue weighted by molar-refractivity contribution is 6.10. The number of hydrogen-bond donors (Lipinski definition) is 1. The number of benzene rings is 2. The van der Waals surface area contributed by atoms with Gasteiger partial charge in [0, 0.05) is 49.3 Å². The van der Waals surface area contributed by atoms with E-state index in [-0.39, 0.29) is 30.8 Å². The second kappa shape index (κ2) is 8.54. The molecule has 39 heavy (non-hydrogen) atoms. The fourth-order valence-electron chi connectivity index (χ4n) is 6.95. The molecule has 10 heteroatoms. The van der Waals surface area contributed by atoms with E-state index in [4.69, 9.17) is 9.15 Å². The standard InChI is InChI=1S/C29H29FN4O5/c1-3-32-13-20-10-19(32)14-34(20)18-5-7-21-17(8-18)9-23(39-21)29(11-24(35)31-28(29)37)15-33-12-16-4-6-22(38-2)26(30)25(16)27(33)36/h4-9,19-20H,3,10-15H2,1-2H3,(H,31,35,37)/t19-,20-,29-/m1/s1. The normalized spacial score (nSPS) is 26.3. The van der Waals surface area contributed by atoms with E-state index in [1.54, 1.807) is 12.1 Å². The Balaban J connectivity index is 1.21. The molecule has 7 rings (SSSR count). The van der Waals surface area contributed by atoms with E-state index < -0.39 is 29.0 Å². The largest absolute Gasteiger partial charge is 0.494 e. The van der Waals surface area contributed by atoms with Crippen molar-refractivity contribution in [2.24, 2.45) is 0 Å². The number of nitrogens with one attached hydrogen (secondary N) is 1. The summed E-state index contributed by atoms with van der Waals surface area (Å²) in [5.41, 5.74) is 0.738. The molecule has 202 valence electrons. The van der Waals surface area contributed by atoms with Crippen molar-refractivity contribution < 1.29 is 27.9 Å². The number of halogens is 1. The lowest BCUT2D eigenvalue weighted by Gasteiger charge is -2.35. The lowest BCUT2D eigenvalue weighted by molar-refractivity contribution is -0.127. The Bertz CT molecular complexity index is 1550. The number of hydrogen-bond acceptors (Lipinski definition) is 7. The van der Waals surface area contributed by atoms with Crippen LogP contribution in [0.25, 0.3) is 11.0 Å². The number of piperazine rings is 1.